The van der Waals surface area contributed by atoms with Crippen molar-refractivity contribution in [3.63, 3.8) is 0 Å². The summed E-state index contributed by atoms with van der Waals surface area (Å²) in [4.78, 5) is 0. The van der Waals surface area contributed by atoms with Crippen LogP contribution in [0.2, 0.25) is 0 Å². The molecule has 0 aromatic heterocycles. The van der Waals surface area contributed by atoms with Crippen molar-refractivity contribution in [3.05, 3.63) is 0 Å². The second kappa shape index (κ2) is 18.1. The highest BCUT2D eigenvalue weighted by Gasteiger charge is 2.26. The second-order valence-corrected chi connectivity index (χ2v) is 14.8. The molecule has 0 heterocycles. The molecule has 0 aliphatic heterocycles. The van der Waals surface area contributed by atoms with Crippen molar-refractivity contribution >= 4 is 19.9 Å². The van der Waals surface area contributed by atoms with Crippen LogP contribution in [0.1, 0.15) is 130 Å². The summed E-state index contributed by atoms with van der Waals surface area (Å²) < 4.78 is 50.9. The van der Waals surface area contributed by atoms with Crippen LogP contribution in [0.15, 0.2) is 0 Å². The van der Waals surface area contributed by atoms with Gasteiger partial charge >= 0.3 is 0 Å². The lowest BCUT2D eigenvalue weighted by atomic mass is 9.74. The van der Waals surface area contributed by atoms with Crippen LogP contribution in [0.4, 0.5) is 0 Å². The molecule has 0 rings (SSSR count). The molecule has 0 atom stereocenters. The summed E-state index contributed by atoms with van der Waals surface area (Å²) in [5.41, 5.74) is 0.652. The van der Waals surface area contributed by atoms with E-state index in [2.05, 4.69) is 27.7 Å². The SMILES string of the molecule is CCC(CC)(CCCCOCCCCC(CC)(CC)CCCCS(N)(=O)=O)CCCCS(C)(=O)=O. The molecule has 212 valence electrons. The second-order valence-electron chi connectivity index (χ2n) is 10.9. The van der Waals surface area contributed by atoms with Crippen LogP contribution in [-0.4, -0.2) is 47.8 Å². The fourth-order valence-corrected chi connectivity index (χ4v) is 6.68. The first kappa shape index (κ1) is 34.8. The minimum atomic E-state index is -3.35. The van der Waals surface area contributed by atoms with Gasteiger partial charge in [-0.15, -0.1) is 0 Å². The molecule has 0 aliphatic carbocycles. The maximum atomic E-state index is 11.4. The molecule has 0 bridgehead atoms. The van der Waals surface area contributed by atoms with Crippen LogP contribution in [0.5, 0.6) is 0 Å². The van der Waals surface area contributed by atoms with Crippen molar-refractivity contribution in [3.8, 4) is 0 Å². The Labute approximate surface area is 218 Å². The van der Waals surface area contributed by atoms with Gasteiger partial charge in [-0.1, -0.05) is 79.1 Å². The highest BCUT2D eigenvalue weighted by molar-refractivity contribution is 7.90. The van der Waals surface area contributed by atoms with Crippen molar-refractivity contribution in [1.29, 1.82) is 0 Å². The fourth-order valence-electron chi connectivity index (χ4n) is 5.34. The zero-order valence-corrected chi connectivity index (χ0v) is 25.2. The molecule has 35 heavy (non-hydrogen) atoms. The largest absolute Gasteiger partial charge is 0.381 e. The van der Waals surface area contributed by atoms with E-state index in [1.165, 1.54) is 25.5 Å². The third-order valence-electron chi connectivity index (χ3n) is 8.35. The molecule has 0 aromatic rings. The molecule has 0 radical (unpaired) electrons. The van der Waals surface area contributed by atoms with Crippen LogP contribution in [0, 0.1) is 10.8 Å². The van der Waals surface area contributed by atoms with E-state index in [1.54, 1.807) is 0 Å². The summed E-state index contributed by atoms with van der Waals surface area (Å²) in [6.07, 6.45) is 18.3. The van der Waals surface area contributed by atoms with Gasteiger partial charge in [-0.05, 0) is 62.2 Å². The third kappa shape index (κ3) is 17.8. The van der Waals surface area contributed by atoms with Crippen molar-refractivity contribution in [1.82, 2.24) is 0 Å². The molecule has 0 saturated carbocycles. The number of hydrogen-bond donors (Lipinski definition) is 1. The number of ether oxygens (including phenoxy) is 1. The maximum Gasteiger partial charge on any atom is 0.209 e. The van der Waals surface area contributed by atoms with Crippen LogP contribution >= 0.6 is 0 Å². The van der Waals surface area contributed by atoms with Gasteiger partial charge in [0.15, 0.2) is 0 Å². The highest BCUT2D eigenvalue weighted by atomic mass is 32.2. The van der Waals surface area contributed by atoms with E-state index in [9.17, 15) is 16.8 Å². The number of unbranched alkanes of at least 4 members (excludes halogenated alkanes) is 4. The molecule has 0 amide bonds. The Morgan fingerprint density at radius 2 is 0.914 bits per heavy atom. The lowest BCUT2D eigenvalue weighted by molar-refractivity contribution is 0.113. The Hall–Kier alpha value is -0.180. The first-order chi connectivity index (χ1) is 16.4. The average molecular weight is 540 g/mol. The van der Waals surface area contributed by atoms with E-state index in [4.69, 9.17) is 9.88 Å². The Kier molecular flexibility index (Phi) is 18.0. The van der Waals surface area contributed by atoms with Crippen LogP contribution in [-0.2, 0) is 24.6 Å². The molecular weight excluding hydrogens is 482 g/mol. The van der Waals surface area contributed by atoms with Crippen LogP contribution in [0.3, 0.4) is 0 Å². The molecule has 8 heteroatoms. The van der Waals surface area contributed by atoms with Gasteiger partial charge in [-0.3, -0.25) is 0 Å². The van der Waals surface area contributed by atoms with Gasteiger partial charge in [-0.2, -0.15) is 0 Å². The summed E-state index contributed by atoms with van der Waals surface area (Å²) in [6.45, 7) is 10.7. The summed E-state index contributed by atoms with van der Waals surface area (Å²) in [5.74, 6) is 0.395. The fraction of sp³-hybridized carbons (Fsp3) is 1.00. The molecule has 0 fully saturated rings. The highest BCUT2D eigenvalue weighted by Crippen LogP contribution is 2.39. The number of sulfone groups is 1. The first-order valence-corrected chi connectivity index (χ1v) is 17.9. The van der Waals surface area contributed by atoms with E-state index in [-0.39, 0.29) is 5.75 Å². The number of rotatable bonds is 24. The molecular formula is C27H57NO5S2. The normalized spacial score (nSPS) is 13.4. The molecule has 6 nitrogen and oxygen atoms in total. The predicted molar refractivity (Wildman–Crippen MR) is 150 cm³/mol. The summed E-state index contributed by atoms with van der Waals surface area (Å²) in [5, 5.41) is 5.12. The smallest absolute Gasteiger partial charge is 0.209 e. The van der Waals surface area contributed by atoms with Crippen molar-refractivity contribution in [2.75, 3.05) is 31.0 Å². The minimum Gasteiger partial charge on any atom is -0.381 e. The van der Waals surface area contributed by atoms with Gasteiger partial charge in [0.05, 0.1) is 5.75 Å². The quantitative estimate of drug-likeness (QED) is 0.139. The Bertz CT molecular complexity index is 665. The van der Waals surface area contributed by atoms with Gasteiger partial charge < -0.3 is 4.74 Å². The molecule has 0 aromatic carbocycles. The Balaban J connectivity index is 4.09. The van der Waals surface area contributed by atoms with E-state index < -0.39 is 19.9 Å². The maximum absolute atomic E-state index is 11.4. The lowest BCUT2D eigenvalue weighted by Gasteiger charge is -2.32. The average Bonchev–Trinajstić information content (AvgIpc) is 2.79. The number of hydrogen-bond acceptors (Lipinski definition) is 5. The Morgan fingerprint density at radius 1 is 0.571 bits per heavy atom. The Morgan fingerprint density at radius 3 is 1.23 bits per heavy atom. The third-order valence-corrected chi connectivity index (χ3v) is 10.2. The van der Waals surface area contributed by atoms with Crippen molar-refractivity contribution in [2.24, 2.45) is 16.0 Å². The van der Waals surface area contributed by atoms with Gasteiger partial charge in [0.2, 0.25) is 10.0 Å². The van der Waals surface area contributed by atoms with E-state index in [0.29, 0.717) is 23.0 Å². The molecule has 0 unspecified atom stereocenters. The minimum absolute atomic E-state index is 0.0885. The summed E-state index contributed by atoms with van der Waals surface area (Å²) >= 11 is 0. The topological polar surface area (TPSA) is 104 Å². The molecule has 2 N–H and O–H groups in total. The monoisotopic (exact) mass is 539 g/mol. The number of nitrogens with two attached hydrogens (primary N) is 1. The number of sulfonamides is 1. The molecule has 0 spiro atoms. The van der Waals surface area contributed by atoms with E-state index in [1.807, 2.05) is 0 Å². The molecule has 0 aliphatic rings. The summed E-state index contributed by atoms with van der Waals surface area (Å²) in [6, 6.07) is 0. The van der Waals surface area contributed by atoms with E-state index >= 15 is 0 Å². The van der Waals surface area contributed by atoms with Crippen molar-refractivity contribution in [2.45, 2.75) is 130 Å². The van der Waals surface area contributed by atoms with E-state index in [0.717, 1.165) is 90.3 Å². The molecule has 0 saturated heterocycles. The zero-order valence-electron chi connectivity index (χ0n) is 23.6. The van der Waals surface area contributed by atoms with Crippen LogP contribution < -0.4 is 5.14 Å². The number of primary sulfonamides is 1. The predicted octanol–water partition coefficient (Wildman–Crippen LogP) is 6.63. The lowest BCUT2D eigenvalue weighted by Crippen LogP contribution is -2.21. The van der Waals surface area contributed by atoms with Gasteiger partial charge in [0, 0.05) is 25.2 Å². The van der Waals surface area contributed by atoms with Gasteiger partial charge in [0.25, 0.3) is 0 Å². The van der Waals surface area contributed by atoms with Crippen molar-refractivity contribution < 1.29 is 21.6 Å². The van der Waals surface area contributed by atoms with Gasteiger partial charge in [0.1, 0.15) is 9.84 Å². The first-order valence-electron chi connectivity index (χ1n) is 14.1. The summed E-state index contributed by atoms with van der Waals surface area (Å²) in [7, 11) is -6.20. The zero-order chi connectivity index (χ0) is 26.8. The standard InChI is InChI=1S/C27H57NO5S2/c1-6-26(7-2,20-12-16-24-34(5,29)30)18-10-14-22-33-23-15-11-19-27(8-3,9-4)21-13-17-25-35(28,31)32/h6-25H2,1-5H3,(H2,28,31,32). The van der Waals surface area contributed by atoms with Gasteiger partial charge in [-0.25, -0.2) is 22.0 Å². The van der Waals surface area contributed by atoms with Crippen LogP contribution in [0.25, 0.3) is 0 Å².